The van der Waals surface area contributed by atoms with E-state index in [1.165, 1.54) is 6.07 Å². The molecule has 8 heteroatoms. The molecule has 0 unspecified atom stereocenters. The smallest absolute Gasteiger partial charge is 0.251 e. The number of rotatable bonds is 7. The van der Waals surface area contributed by atoms with Crippen LogP contribution in [0.1, 0.15) is 61.0 Å². The first-order valence-electron chi connectivity index (χ1n) is 11.0. The monoisotopic (exact) mass is 457 g/mol. The van der Waals surface area contributed by atoms with E-state index in [4.69, 9.17) is 5.73 Å². The Morgan fingerprint density at radius 3 is 2.44 bits per heavy atom. The number of aryl methyl sites for hydroxylation is 1. The number of nitrogens with zero attached hydrogens (tertiary/aromatic N) is 1. The SMILES string of the molecule is CCCS(=O)(=O)Nc1ccc(-c2c(C(N)=O)c3cc(F)c(C)cc3n2C2CCCC2)cc1. The number of sulfonamides is 1. The number of anilines is 1. The van der Waals surface area contributed by atoms with E-state index >= 15 is 0 Å². The fourth-order valence-electron chi connectivity index (χ4n) is 4.70. The van der Waals surface area contributed by atoms with Crippen molar-refractivity contribution in [2.45, 2.75) is 52.0 Å². The molecule has 1 aliphatic carbocycles. The van der Waals surface area contributed by atoms with Crippen molar-refractivity contribution >= 4 is 32.5 Å². The molecule has 0 bridgehead atoms. The second-order valence-corrected chi connectivity index (χ2v) is 10.4. The van der Waals surface area contributed by atoms with E-state index in [1.54, 1.807) is 44.2 Å². The normalized spacial score (nSPS) is 14.8. The summed E-state index contributed by atoms with van der Waals surface area (Å²) in [6.07, 6.45) is 4.65. The van der Waals surface area contributed by atoms with Gasteiger partial charge in [-0.1, -0.05) is 31.9 Å². The highest BCUT2D eigenvalue weighted by Gasteiger charge is 2.28. The zero-order valence-electron chi connectivity index (χ0n) is 18.3. The predicted octanol–water partition coefficient (Wildman–Crippen LogP) is 5.12. The number of halogens is 1. The quantitative estimate of drug-likeness (QED) is 0.515. The highest BCUT2D eigenvalue weighted by Crippen LogP contribution is 2.42. The van der Waals surface area contributed by atoms with E-state index in [1.807, 2.05) is 0 Å². The van der Waals surface area contributed by atoms with E-state index in [0.717, 1.165) is 36.8 Å². The van der Waals surface area contributed by atoms with Gasteiger partial charge >= 0.3 is 0 Å². The maximum atomic E-state index is 14.5. The molecular weight excluding hydrogens is 429 g/mol. The van der Waals surface area contributed by atoms with Crippen LogP contribution in [0.4, 0.5) is 10.1 Å². The molecule has 1 aromatic heterocycles. The Balaban J connectivity index is 1.90. The van der Waals surface area contributed by atoms with Crippen molar-refractivity contribution < 1.29 is 17.6 Å². The third-order valence-electron chi connectivity index (χ3n) is 6.12. The molecule has 3 N–H and O–H groups in total. The molecule has 3 aromatic rings. The number of benzene rings is 2. The van der Waals surface area contributed by atoms with Crippen LogP contribution in [0.2, 0.25) is 0 Å². The van der Waals surface area contributed by atoms with Crippen LogP contribution in [0.15, 0.2) is 36.4 Å². The highest BCUT2D eigenvalue weighted by atomic mass is 32.2. The molecule has 0 radical (unpaired) electrons. The van der Waals surface area contributed by atoms with E-state index < -0.39 is 15.9 Å². The number of fused-ring (bicyclic) bond motifs is 1. The molecule has 32 heavy (non-hydrogen) atoms. The van der Waals surface area contributed by atoms with Gasteiger partial charge in [-0.15, -0.1) is 0 Å². The van der Waals surface area contributed by atoms with Crippen molar-refractivity contribution in [1.29, 1.82) is 0 Å². The van der Waals surface area contributed by atoms with Gasteiger partial charge in [0.05, 0.1) is 22.5 Å². The van der Waals surface area contributed by atoms with Crippen molar-refractivity contribution in [2.24, 2.45) is 5.73 Å². The van der Waals surface area contributed by atoms with Gasteiger partial charge in [-0.05, 0) is 61.6 Å². The summed E-state index contributed by atoms with van der Waals surface area (Å²) in [6.45, 7) is 3.52. The lowest BCUT2D eigenvalue weighted by molar-refractivity contribution is 0.100. The Kier molecular flexibility index (Phi) is 5.99. The van der Waals surface area contributed by atoms with Crippen LogP contribution in [-0.4, -0.2) is 24.6 Å². The number of carbonyl (C=O) groups excluding carboxylic acids is 1. The van der Waals surface area contributed by atoms with Gasteiger partial charge in [-0.3, -0.25) is 9.52 Å². The number of hydrogen-bond acceptors (Lipinski definition) is 3. The van der Waals surface area contributed by atoms with Crippen LogP contribution < -0.4 is 10.5 Å². The second kappa shape index (κ2) is 8.58. The Labute approximate surface area is 187 Å². The number of hydrogen-bond donors (Lipinski definition) is 2. The van der Waals surface area contributed by atoms with Crippen molar-refractivity contribution in [3.05, 3.63) is 53.3 Å². The van der Waals surface area contributed by atoms with Gasteiger partial charge < -0.3 is 10.3 Å². The Morgan fingerprint density at radius 1 is 1.19 bits per heavy atom. The first-order valence-corrected chi connectivity index (χ1v) is 12.6. The maximum Gasteiger partial charge on any atom is 0.251 e. The van der Waals surface area contributed by atoms with Gasteiger partial charge in [0.2, 0.25) is 10.0 Å². The Bertz CT molecular complexity index is 1270. The number of primary amides is 1. The Morgan fingerprint density at radius 2 is 1.84 bits per heavy atom. The van der Waals surface area contributed by atoms with Crippen LogP contribution in [0.3, 0.4) is 0 Å². The molecule has 0 spiro atoms. The zero-order chi connectivity index (χ0) is 23.0. The summed E-state index contributed by atoms with van der Waals surface area (Å²) in [6, 6.07) is 10.3. The molecular formula is C24H28FN3O3S. The lowest BCUT2D eigenvalue weighted by Crippen LogP contribution is -2.16. The largest absolute Gasteiger partial charge is 0.366 e. The fraction of sp³-hybridized carbons (Fsp3) is 0.375. The molecule has 170 valence electrons. The summed E-state index contributed by atoms with van der Waals surface area (Å²) < 4.78 is 43.4. The molecule has 1 aliphatic rings. The lowest BCUT2D eigenvalue weighted by atomic mass is 10.0. The maximum absolute atomic E-state index is 14.5. The summed E-state index contributed by atoms with van der Waals surface area (Å²) in [5.41, 5.74) is 9.25. The average molecular weight is 458 g/mol. The lowest BCUT2D eigenvalue weighted by Gasteiger charge is -2.19. The van der Waals surface area contributed by atoms with E-state index in [-0.39, 0.29) is 17.6 Å². The molecule has 0 saturated heterocycles. The standard InChI is InChI=1S/C24H28FN3O3S/c1-3-12-32(30,31)27-17-10-8-16(9-11-17)23-22(24(26)29)19-14-20(25)15(2)13-21(19)28(23)18-6-4-5-7-18/h8-11,13-14,18,27H,3-7,12H2,1-2H3,(H2,26,29). The number of nitrogens with two attached hydrogens (primary N) is 1. The van der Waals surface area contributed by atoms with Gasteiger partial charge in [0, 0.05) is 17.1 Å². The molecule has 0 aliphatic heterocycles. The number of carbonyl (C=O) groups is 1. The molecule has 1 fully saturated rings. The number of nitrogens with one attached hydrogen (secondary N) is 1. The number of aromatic nitrogens is 1. The topological polar surface area (TPSA) is 94.2 Å². The van der Waals surface area contributed by atoms with Gasteiger partial charge in [0.25, 0.3) is 5.91 Å². The molecule has 2 aromatic carbocycles. The summed E-state index contributed by atoms with van der Waals surface area (Å²) in [7, 11) is -3.41. The van der Waals surface area contributed by atoms with Crippen LogP contribution >= 0.6 is 0 Å². The van der Waals surface area contributed by atoms with Crippen LogP contribution in [0.25, 0.3) is 22.2 Å². The first kappa shape index (κ1) is 22.3. The minimum atomic E-state index is -3.41. The summed E-state index contributed by atoms with van der Waals surface area (Å²) >= 11 is 0. The average Bonchev–Trinajstić information content (AvgIpc) is 3.34. The highest BCUT2D eigenvalue weighted by molar-refractivity contribution is 7.92. The van der Waals surface area contributed by atoms with E-state index in [2.05, 4.69) is 9.29 Å². The summed E-state index contributed by atoms with van der Waals surface area (Å²) in [5.74, 6) is -0.949. The van der Waals surface area contributed by atoms with Crippen molar-refractivity contribution in [2.75, 3.05) is 10.5 Å². The molecule has 6 nitrogen and oxygen atoms in total. The van der Waals surface area contributed by atoms with Gasteiger partial charge in [0.1, 0.15) is 5.82 Å². The van der Waals surface area contributed by atoms with Crippen molar-refractivity contribution in [1.82, 2.24) is 4.57 Å². The first-order chi connectivity index (χ1) is 15.2. The van der Waals surface area contributed by atoms with Crippen LogP contribution in [0.5, 0.6) is 0 Å². The molecule has 0 atom stereocenters. The van der Waals surface area contributed by atoms with E-state index in [0.29, 0.717) is 34.3 Å². The minimum absolute atomic E-state index is 0.0431. The van der Waals surface area contributed by atoms with Gasteiger partial charge in [0.15, 0.2) is 0 Å². The Hall–Kier alpha value is -2.87. The van der Waals surface area contributed by atoms with E-state index in [9.17, 15) is 17.6 Å². The van der Waals surface area contributed by atoms with Crippen LogP contribution in [0, 0.1) is 12.7 Å². The van der Waals surface area contributed by atoms with Gasteiger partial charge in [-0.25, -0.2) is 12.8 Å². The summed E-state index contributed by atoms with van der Waals surface area (Å²) in [4.78, 5) is 12.6. The summed E-state index contributed by atoms with van der Waals surface area (Å²) in [5, 5.41) is 0.509. The third-order valence-corrected chi connectivity index (χ3v) is 7.62. The molecule has 4 rings (SSSR count). The molecule has 1 amide bonds. The minimum Gasteiger partial charge on any atom is -0.366 e. The molecule has 1 saturated carbocycles. The fourth-order valence-corrected chi connectivity index (χ4v) is 5.84. The number of amides is 1. The van der Waals surface area contributed by atoms with Crippen molar-refractivity contribution in [3.8, 4) is 11.3 Å². The predicted molar refractivity (Wildman–Crippen MR) is 126 cm³/mol. The molecule has 1 heterocycles. The van der Waals surface area contributed by atoms with Crippen LogP contribution in [-0.2, 0) is 10.0 Å². The van der Waals surface area contributed by atoms with Gasteiger partial charge in [-0.2, -0.15) is 0 Å². The second-order valence-electron chi connectivity index (χ2n) is 8.51. The third kappa shape index (κ3) is 4.11. The zero-order valence-corrected chi connectivity index (χ0v) is 19.1. The van der Waals surface area contributed by atoms with Crippen molar-refractivity contribution in [3.63, 3.8) is 0 Å².